The molecule has 22 heavy (non-hydrogen) atoms. The summed E-state index contributed by atoms with van der Waals surface area (Å²) in [6.07, 6.45) is 2.22. The Hall–Kier alpha value is -2.08. The number of anilines is 2. The summed E-state index contributed by atoms with van der Waals surface area (Å²) in [6, 6.07) is 5.03. The van der Waals surface area contributed by atoms with Gasteiger partial charge in [0, 0.05) is 25.2 Å². The molecule has 1 saturated heterocycles. The van der Waals surface area contributed by atoms with Crippen molar-refractivity contribution in [1.82, 2.24) is 0 Å². The number of carbonyl (C=O) groups excluding carboxylic acids is 1. The van der Waals surface area contributed by atoms with Gasteiger partial charge in [0.1, 0.15) is 0 Å². The van der Waals surface area contributed by atoms with Crippen LogP contribution in [0.5, 0.6) is 0 Å². The first-order chi connectivity index (χ1) is 10.6. The maximum Gasteiger partial charge on any atom is 0.337 e. The highest BCUT2D eigenvalue weighted by molar-refractivity contribution is 5.98. The molecule has 1 aromatic rings. The number of amides is 1. The first-order valence-electron chi connectivity index (χ1n) is 7.61. The Balaban J connectivity index is 2.16. The van der Waals surface area contributed by atoms with Crippen LogP contribution in [0.25, 0.3) is 0 Å². The summed E-state index contributed by atoms with van der Waals surface area (Å²) in [7, 11) is 0. The fraction of sp³-hybridized carbons (Fsp3) is 0.500. The van der Waals surface area contributed by atoms with E-state index in [0.29, 0.717) is 44.1 Å². The van der Waals surface area contributed by atoms with Gasteiger partial charge in [-0.15, -0.1) is 0 Å². The molecule has 0 spiro atoms. The maximum atomic E-state index is 11.8. The first kappa shape index (κ1) is 16.3. The number of nitrogens with zero attached hydrogens (tertiary/aromatic N) is 1. The van der Waals surface area contributed by atoms with Gasteiger partial charge in [-0.1, -0.05) is 13.3 Å². The van der Waals surface area contributed by atoms with E-state index in [0.717, 1.165) is 12.8 Å². The zero-order chi connectivity index (χ0) is 15.9. The average Bonchev–Trinajstić information content (AvgIpc) is 2.53. The van der Waals surface area contributed by atoms with Crippen LogP contribution in [-0.4, -0.2) is 43.3 Å². The highest BCUT2D eigenvalue weighted by atomic mass is 16.5. The quantitative estimate of drug-likeness (QED) is 0.843. The van der Waals surface area contributed by atoms with E-state index < -0.39 is 5.97 Å². The van der Waals surface area contributed by atoms with Gasteiger partial charge >= 0.3 is 5.97 Å². The van der Waals surface area contributed by atoms with Crippen molar-refractivity contribution in [3.05, 3.63) is 23.8 Å². The van der Waals surface area contributed by atoms with Crippen molar-refractivity contribution in [2.24, 2.45) is 0 Å². The number of carboxylic acids is 1. The Kier molecular flexibility index (Phi) is 5.77. The second-order valence-corrected chi connectivity index (χ2v) is 5.29. The van der Waals surface area contributed by atoms with Crippen LogP contribution in [0.1, 0.15) is 36.5 Å². The number of hydrogen-bond acceptors (Lipinski definition) is 4. The largest absolute Gasteiger partial charge is 0.478 e. The summed E-state index contributed by atoms with van der Waals surface area (Å²) in [5.41, 5.74) is 1.40. The molecule has 1 heterocycles. The van der Waals surface area contributed by atoms with Crippen molar-refractivity contribution in [2.45, 2.75) is 26.2 Å². The first-order valence-corrected chi connectivity index (χ1v) is 7.61. The predicted octanol–water partition coefficient (Wildman–Crippen LogP) is 2.35. The lowest BCUT2D eigenvalue weighted by atomic mass is 10.1. The number of benzene rings is 1. The van der Waals surface area contributed by atoms with Crippen molar-refractivity contribution in [3.8, 4) is 0 Å². The summed E-state index contributed by atoms with van der Waals surface area (Å²) in [4.78, 5) is 25.3. The molecule has 1 aliphatic heterocycles. The Morgan fingerprint density at radius 3 is 2.68 bits per heavy atom. The number of morpholine rings is 1. The van der Waals surface area contributed by atoms with E-state index in [1.807, 2.05) is 11.8 Å². The standard InChI is InChI=1S/C16H22N2O4/c1-2-3-4-15(19)17-12-5-6-14(13(11-12)16(20)21)18-7-9-22-10-8-18/h5-6,11H,2-4,7-10H2,1H3,(H,17,19)(H,20,21). The minimum absolute atomic E-state index is 0.0858. The van der Waals surface area contributed by atoms with Crippen molar-refractivity contribution in [1.29, 1.82) is 0 Å². The molecule has 1 aromatic carbocycles. The third-order valence-electron chi connectivity index (χ3n) is 3.62. The molecule has 2 N–H and O–H groups in total. The van der Waals surface area contributed by atoms with Gasteiger partial charge in [0.05, 0.1) is 24.5 Å². The normalized spacial score (nSPS) is 14.7. The molecule has 1 aliphatic rings. The summed E-state index contributed by atoms with van der Waals surface area (Å²) >= 11 is 0. The lowest BCUT2D eigenvalue weighted by Crippen LogP contribution is -2.37. The topological polar surface area (TPSA) is 78.9 Å². The van der Waals surface area contributed by atoms with E-state index in [1.54, 1.807) is 12.1 Å². The Labute approximate surface area is 130 Å². The molecule has 1 fully saturated rings. The summed E-state index contributed by atoms with van der Waals surface area (Å²) in [5.74, 6) is -1.08. The van der Waals surface area contributed by atoms with Gasteiger partial charge in [0.15, 0.2) is 0 Å². The van der Waals surface area contributed by atoms with Gasteiger partial charge in [-0.3, -0.25) is 4.79 Å². The van der Waals surface area contributed by atoms with Crippen LogP contribution in [0.4, 0.5) is 11.4 Å². The third-order valence-corrected chi connectivity index (χ3v) is 3.62. The molecule has 0 radical (unpaired) electrons. The molecule has 0 aromatic heterocycles. The van der Waals surface area contributed by atoms with Crippen molar-refractivity contribution in [2.75, 3.05) is 36.5 Å². The van der Waals surface area contributed by atoms with Crippen LogP contribution in [0.2, 0.25) is 0 Å². The SMILES string of the molecule is CCCCC(=O)Nc1ccc(N2CCOCC2)c(C(=O)O)c1. The molecule has 6 heteroatoms. The molecular weight excluding hydrogens is 284 g/mol. The molecule has 0 bridgehead atoms. The number of carbonyl (C=O) groups is 2. The van der Waals surface area contributed by atoms with E-state index in [1.165, 1.54) is 6.07 Å². The molecule has 1 amide bonds. The van der Waals surface area contributed by atoms with Crippen LogP contribution >= 0.6 is 0 Å². The molecule has 2 rings (SSSR count). The van der Waals surface area contributed by atoms with Crippen LogP contribution in [-0.2, 0) is 9.53 Å². The van der Waals surface area contributed by atoms with Crippen molar-refractivity contribution in [3.63, 3.8) is 0 Å². The van der Waals surface area contributed by atoms with Crippen molar-refractivity contribution < 1.29 is 19.4 Å². The van der Waals surface area contributed by atoms with Crippen molar-refractivity contribution >= 4 is 23.3 Å². The summed E-state index contributed by atoms with van der Waals surface area (Å²) in [6.45, 7) is 4.54. The lowest BCUT2D eigenvalue weighted by molar-refractivity contribution is -0.116. The lowest BCUT2D eigenvalue weighted by Gasteiger charge is -2.30. The van der Waals surface area contributed by atoms with Gasteiger partial charge in [0.25, 0.3) is 0 Å². The minimum Gasteiger partial charge on any atom is -0.478 e. The molecule has 120 valence electrons. The van der Waals surface area contributed by atoms with E-state index >= 15 is 0 Å². The highest BCUT2D eigenvalue weighted by Gasteiger charge is 2.19. The zero-order valence-electron chi connectivity index (χ0n) is 12.8. The van der Waals surface area contributed by atoms with Crippen LogP contribution < -0.4 is 10.2 Å². The van der Waals surface area contributed by atoms with E-state index in [4.69, 9.17) is 4.74 Å². The number of rotatable bonds is 6. The third kappa shape index (κ3) is 4.21. The van der Waals surface area contributed by atoms with Gasteiger partial charge in [-0.05, 0) is 24.6 Å². The molecule has 0 atom stereocenters. The molecule has 6 nitrogen and oxygen atoms in total. The zero-order valence-corrected chi connectivity index (χ0v) is 12.8. The number of nitrogens with one attached hydrogen (secondary N) is 1. The van der Waals surface area contributed by atoms with Gasteiger partial charge in [-0.2, -0.15) is 0 Å². The van der Waals surface area contributed by atoms with E-state index in [9.17, 15) is 14.7 Å². The molecule has 0 aliphatic carbocycles. The van der Waals surface area contributed by atoms with Crippen LogP contribution in [0.3, 0.4) is 0 Å². The fourth-order valence-electron chi connectivity index (χ4n) is 2.43. The van der Waals surface area contributed by atoms with Gasteiger partial charge in [0.2, 0.25) is 5.91 Å². The summed E-state index contributed by atoms with van der Waals surface area (Å²) < 4.78 is 5.29. The monoisotopic (exact) mass is 306 g/mol. The predicted molar refractivity (Wildman–Crippen MR) is 84.6 cm³/mol. The molecule has 0 saturated carbocycles. The Morgan fingerprint density at radius 1 is 1.32 bits per heavy atom. The Bertz CT molecular complexity index is 539. The second kappa shape index (κ2) is 7.79. The molecule has 0 unspecified atom stereocenters. The smallest absolute Gasteiger partial charge is 0.337 e. The van der Waals surface area contributed by atoms with Gasteiger partial charge in [-0.25, -0.2) is 4.79 Å². The second-order valence-electron chi connectivity index (χ2n) is 5.29. The number of unbranched alkanes of at least 4 members (excludes halogenated alkanes) is 1. The average molecular weight is 306 g/mol. The maximum absolute atomic E-state index is 11.8. The number of hydrogen-bond donors (Lipinski definition) is 2. The van der Waals surface area contributed by atoms with E-state index in [-0.39, 0.29) is 11.5 Å². The minimum atomic E-state index is -0.994. The number of ether oxygens (including phenoxy) is 1. The van der Waals surface area contributed by atoms with E-state index in [2.05, 4.69) is 5.32 Å². The number of carboxylic acid groups (broad SMARTS) is 1. The molecular formula is C16H22N2O4. The highest BCUT2D eigenvalue weighted by Crippen LogP contribution is 2.25. The number of aromatic carboxylic acids is 1. The fourth-order valence-corrected chi connectivity index (χ4v) is 2.43. The van der Waals surface area contributed by atoms with Crippen LogP contribution in [0, 0.1) is 0 Å². The Morgan fingerprint density at radius 2 is 2.05 bits per heavy atom. The van der Waals surface area contributed by atoms with Gasteiger partial charge < -0.3 is 20.1 Å². The summed E-state index contributed by atoms with van der Waals surface area (Å²) in [5, 5.41) is 12.2. The van der Waals surface area contributed by atoms with Crippen LogP contribution in [0.15, 0.2) is 18.2 Å².